The highest BCUT2D eigenvalue weighted by Gasteiger charge is 2.36. The third-order valence-electron chi connectivity index (χ3n) is 1.38. The van der Waals surface area contributed by atoms with Crippen molar-refractivity contribution < 1.29 is 22.4 Å². The van der Waals surface area contributed by atoms with E-state index in [4.69, 9.17) is 0 Å². The van der Waals surface area contributed by atoms with Crippen molar-refractivity contribution in [3.63, 3.8) is 0 Å². The highest BCUT2D eigenvalue weighted by molar-refractivity contribution is 5.41. The van der Waals surface area contributed by atoms with Gasteiger partial charge in [-0.1, -0.05) is 0 Å². The van der Waals surface area contributed by atoms with Crippen molar-refractivity contribution in [1.82, 2.24) is 0 Å². The predicted molar refractivity (Wildman–Crippen MR) is 35.0 cm³/mol. The zero-order valence-corrected chi connectivity index (χ0v) is 6.15. The van der Waals surface area contributed by atoms with E-state index in [0.717, 1.165) is 6.08 Å². The average Bonchev–Trinajstić information content (AvgIpc) is 1.99. The number of halogens is 4. The van der Waals surface area contributed by atoms with E-state index in [0.29, 0.717) is 0 Å². The summed E-state index contributed by atoms with van der Waals surface area (Å²) in [5.74, 6) is -6.74. The Kier molecular flexibility index (Phi) is 2.34. The number of aliphatic imine (C=N–C) groups is 1. The SMILES string of the molecule is O=C=NC1=C(F)C(F)=CC(F)(F)C1. The summed E-state index contributed by atoms with van der Waals surface area (Å²) in [4.78, 5) is 12.3. The van der Waals surface area contributed by atoms with Crippen LogP contribution in [0, 0.1) is 0 Å². The van der Waals surface area contributed by atoms with Gasteiger partial charge in [-0.2, -0.15) is 4.99 Å². The number of allylic oxidation sites excluding steroid dienone is 4. The maximum Gasteiger partial charge on any atom is 0.275 e. The van der Waals surface area contributed by atoms with Crippen molar-refractivity contribution in [3.05, 3.63) is 23.4 Å². The first-order chi connectivity index (χ1) is 5.96. The fraction of sp³-hybridized carbons (Fsp3) is 0.286. The number of alkyl halides is 2. The molecule has 0 N–H and O–H groups in total. The van der Waals surface area contributed by atoms with Gasteiger partial charge >= 0.3 is 0 Å². The van der Waals surface area contributed by atoms with Crippen molar-refractivity contribution in [2.75, 3.05) is 0 Å². The zero-order chi connectivity index (χ0) is 10.1. The number of nitrogens with zero attached hydrogens (tertiary/aromatic N) is 1. The fourth-order valence-corrected chi connectivity index (χ4v) is 0.882. The van der Waals surface area contributed by atoms with Gasteiger partial charge in [-0.05, 0) is 0 Å². The molecular formula is C7H3F4NO. The quantitative estimate of drug-likeness (QED) is 0.357. The van der Waals surface area contributed by atoms with E-state index < -0.39 is 29.7 Å². The van der Waals surface area contributed by atoms with Crippen molar-refractivity contribution in [1.29, 1.82) is 0 Å². The second-order valence-electron chi connectivity index (χ2n) is 2.39. The van der Waals surface area contributed by atoms with Crippen LogP contribution in [0.15, 0.2) is 28.4 Å². The summed E-state index contributed by atoms with van der Waals surface area (Å²) in [5.41, 5.74) is -0.917. The Hall–Kier alpha value is -1.42. The van der Waals surface area contributed by atoms with Crippen LogP contribution in [0.1, 0.15) is 6.42 Å². The summed E-state index contributed by atoms with van der Waals surface area (Å²) in [5, 5.41) is 0. The van der Waals surface area contributed by atoms with Gasteiger partial charge in [0, 0.05) is 6.08 Å². The Morgan fingerprint density at radius 1 is 1.46 bits per heavy atom. The normalized spacial score (nSPS) is 20.8. The van der Waals surface area contributed by atoms with Crippen molar-refractivity contribution in [2.45, 2.75) is 12.3 Å². The molecule has 0 aliphatic heterocycles. The number of carbonyl (C=O) groups excluding carboxylic acids is 1. The lowest BCUT2D eigenvalue weighted by Gasteiger charge is -2.16. The molecule has 1 rings (SSSR count). The van der Waals surface area contributed by atoms with E-state index in [-0.39, 0.29) is 6.08 Å². The number of hydrogen-bond donors (Lipinski definition) is 0. The molecule has 13 heavy (non-hydrogen) atoms. The zero-order valence-electron chi connectivity index (χ0n) is 6.15. The largest absolute Gasteiger partial charge is 0.275 e. The van der Waals surface area contributed by atoms with Crippen LogP contribution in [0.3, 0.4) is 0 Å². The lowest BCUT2D eigenvalue weighted by atomic mass is 10.1. The maximum absolute atomic E-state index is 12.6. The lowest BCUT2D eigenvalue weighted by molar-refractivity contribution is 0.0493. The highest BCUT2D eigenvalue weighted by atomic mass is 19.3. The lowest BCUT2D eigenvalue weighted by Crippen LogP contribution is -2.17. The van der Waals surface area contributed by atoms with Crippen LogP contribution in [0.2, 0.25) is 0 Å². The highest BCUT2D eigenvalue weighted by Crippen LogP contribution is 2.36. The van der Waals surface area contributed by atoms with Crippen LogP contribution in [0.5, 0.6) is 0 Å². The standard InChI is InChI=1S/C7H3F4NO/c8-4-1-7(10,11)2-5(6(4)9)12-3-13/h1H,2H2. The molecule has 1 aliphatic carbocycles. The Balaban J connectivity index is 3.14. The molecule has 0 radical (unpaired) electrons. The molecule has 0 aromatic carbocycles. The summed E-state index contributed by atoms with van der Waals surface area (Å²) in [6.45, 7) is 0. The van der Waals surface area contributed by atoms with Gasteiger partial charge in [0.05, 0.1) is 12.1 Å². The molecule has 0 bridgehead atoms. The minimum Gasteiger partial charge on any atom is -0.211 e. The van der Waals surface area contributed by atoms with Gasteiger partial charge in [-0.25, -0.2) is 22.4 Å². The van der Waals surface area contributed by atoms with Crippen molar-refractivity contribution in [2.24, 2.45) is 4.99 Å². The molecule has 2 nitrogen and oxygen atoms in total. The van der Waals surface area contributed by atoms with Crippen LogP contribution in [0.4, 0.5) is 17.6 Å². The smallest absolute Gasteiger partial charge is 0.211 e. The number of hydrogen-bond acceptors (Lipinski definition) is 2. The summed E-state index contributed by atoms with van der Waals surface area (Å²) in [7, 11) is 0. The number of isocyanates is 1. The van der Waals surface area contributed by atoms with E-state index in [1.165, 1.54) is 0 Å². The monoisotopic (exact) mass is 193 g/mol. The first-order valence-corrected chi connectivity index (χ1v) is 3.19. The molecule has 0 atom stereocenters. The predicted octanol–water partition coefficient (Wildman–Crippen LogP) is 2.40. The Morgan fingerprint density at radius 3 is 2.62 bits per heavy atom. The minimum atomic E-state index is -3.50. The molecule has 0 aromatic heterocycles. The molecule has 0 amide bonds. The third-order valence-corrected chi connectivity index (χ3v) is 1.38. The molecule has 6 heteroatoms. The summed E-state index contributed by atoms with van der Waals surface area (Å²) < 4.78 is 50.0. The van der Waals surface area contributed by atoms with Gasteiger partial charge in [-0.3, -0.25) is 0 Å². The van der Waals surface area contributed by atoms with Gasteiger partial charge < -0.3 is 0 Å². The van der Waals surface area contributed by atoms with Gasteiger partial charge in [0.25, 0.3) is 5.92 Å². The van der Waals surface area contributed by atoms with Crippen LogP contribution >= 0.6 is 0 Å². The summed E-state index contributed by atoms with van der Waals surface area (Å²) in [6.07, 6.45) is -0.394. The molecular weight excluding hydrogens is 190 g/mol. The molecule has 0 aromatic rings. The van der Waals surface area contributed by atoms with E-state index in [1.807, 2.05) is 0 Å². The van der Waals surface area contributed by atoms with E-state index in [2.05, 4.69) is 4.99 Å². The molecule has 0 spiro atoms. The van der Waals surface area contributed by atoms with E-state index in [1.54, 1.807) is 0 Å². The topological polar surface area (TPSA) is 29.4 Å². The molecule has 70 valence electrons. The third kappa shape index (κ3) is 2.03. The second kappa shape index (κ2) is 3.14. The molecule has 1 aliphatic rings. The fourth-order valence-electron chi connectivity index (χ4n) is 0.882. The minimum absolute atomic E-state index is 0.147. The van der Waals surface area contributed by atoms with Gasteiger partial charge in [0.15, 0.2) is 11.7 Å². The van der Waals surface area contributed by atoms with Crippen LogP contribution < -0.4 is 0 Å². The van der Waals surface area contributed by atoms with Crippen LogP contribution in [0.25, 0.3) is 0 Å². The Labute approximate surface area is 70.3 Å². The van der Waals surface area contributed by atoms with E-state index in [9.17, 15) is 22.4 Å². The molecule has 0 saturated heterocycles. The Bertz CT molecular complexity index is 338. The molecule has 0 unspecified atom stereocenters. The molecule has 0 fully saturated rings. The summed E-state index contributed by atoms with van der Waals surface area (Å²) in [6, 6.07) is 0. The second-order valence-corrected chi connectivity index (χ2v) is 2.39. The van der Waals surface area contributed by atoms with Crippen LogP contribution in [-0.4, -0.2) is 12.0 Å². The van der Waals surface area contributed by atoms with Crippen LogP contribution in [-0.2, 0) is 4.79 Å². The molecule has 0 heterocycles. The Morgan fingerprint density at radius 2 is 2.08 bits per heavy atom. The first-order valence-electron chi connectivity index (χ1n) is 3.19. The van der Waals surface area contributed by atoms with Gasteiger partial charge in [0.1, 0.15) is 0 Å². The van der Waals surface area contributed by atoms with Crippen molar-refractivity contribution >= 4 is 6.08 Å². The van der Waals surface area contributed by atoms with Gasteiger partial charge in [-0.15, -0.1) is 0 Å². The maximum atomic E-state index is 12.6. The average molecular weight is 193 g/mol. The van der Waals surface area contributed by atoms with Gasteiger partial charge in [0.2, 0.25) is 6.08 Å². The summed E-state index contributed by atoms with van der Waals surface area (Å²) >= 11 is 0. The van der Waals surface area contributed by atoms with Crippen molar-refractivity contribution in [3.8, 4) is 0 Å². The first kappa shape index (κ1) is 9.67. The van der Waals surface area contributed by atoms with E-state index >= 15 is 0 Å². The molecule has 0 saturated carbocycles. The number of rotatable bonds is 1.